The fraction of sp³-hybridized carbons (Fsp3) is 0.154. The molecule has 0 bridgehead atoms. The molecule has 0 saturated heterocycles. The quantitative estimate of drug-likeness (QED) is 0.909. The van der Waals surface area contributed by atoms with Crippen molar-refractivity contribution in [2.75, 3.05) is 11.9 Å². The molecule has 5 heteroatoms. The highest BCUT2D eigenvalue weighted by Gasteiger charge is 2.11. The van der Waals surface area contributed by atoms with Gasteiger partial charge in [-0.3, -0.25) is 0 Å². The average Bonchev–Trinajstić information content (AvgIpc) is 2.38. The lowest BCUT2D eigenvalue weighted by atomic mass is 10.2. The first-order valence-corrected chi connectivity index (χ1v) is 5.45. The number of nitrogens with zero attached hydrogens (tertiary/aromatic N) is 2. The molecule has 0 radical (unpaired) electrons. The summed E-state index contributed by atoms with van der Waals surface area (Å²) in [5, 5.41) is 0. The lowest BCUT2D eigenvalue weighted by molar-refractivity contribution is 0.573. The number of halogens is 2. The van der Waals surface area contributed by atoms with Crippen LogP contribution >= 0.6 is 0 Å². The van der Waals surface area contributed by atoms with Crippen LogP contribution in [0.1, 0.15) is 5.56 Å². The summed E-state index contributed by atoms with van der Waals surface area (Å²) in [6.07, 6.45) is 0.989. The van der Waals surface area contributed by atoms with Crippen molar-refractivity contribution in [3.8, 4) is 0 Å². The van der Waals surface area contributed by atoms with Crippen LogP contribution in [0, 0.1) is 11.6 Å². The summed E-state index contributed by atoms with van der Waals surface area (Å²) in [7, 11) is 1.67. The molecule has 3 nitrogen and oxygen atoms in total. The molecular formula is C13H13F2N3. The van der Waals surface area contributed by atoms with Crippen LogP contribution in [0.5, 0.6) is 0 Å². The van der Waals surface area contributed by atoms with Gasteiger partial charge >= 0.3 is 0 Å². The Kier molecular flexibility index (Phi) is 3.53. The lowest BCUT2D eigenvalue weighted by Gasteiger charge is -2.19. The maximum absolute atomic E-state index is 13.6. The van der Waals surface area contributed by atoms with Crippen molar-refractivity contribution in [2.24, 2.45) is 5.73 Å². The summed E-state index contributed by atoms with van der Waals surface area (Å²) < 4.78 is 26.3. The van der Waals surface area contributed by atoms with E-state index < -0.39 is 11.6 Å². The Morgan fingerprint density at radius 1 is 1.22 bits per heavy atom. The Balaban J connectivity index is 2.31. The largest absolute Gasteiger partial charge is 0.327 e. The third-order valence-corrected chi connectivity index (χ3v) is 2.67. The smallest absolute Gasteiger partial charge is 0.169 e. The van der Waals surface area contributed by atoms with Gasteiger partial charge in [0, 0.05) is 25.3 Å². The van der Waals surface area contributed by atoms with Crippen LogP contribution in [-0.4, -0.2) is 12.0 Å². The van der Waals surface area contributed by atoms with E-state index in [1.165, 1.54) is 0 Å². The second-order valence-corrected chi connectivity index (χ2v) is 3.89. The molecule has 0 aliphatic carbocycles. The molecule has 2 rings (SSSR count). The second kappa shape index (κ2) is 5.10. The Morgan fingerprint density at radius 2 is 1.89 bits per heavy atom. The van der Waals surface area contributed by atoms with Crippen molar-refractivity contribution in [1.29, 1.82) is 0 Å². The Morgan fingerprint density at radius 3 is 2.44 bits per heavy atom. The van der Waals surface area contributed by atoms with Gasteiger partial charge in [-0.2, -0.15) is 0 Å². The molecular weight excluding hydrogens is 236 g/mol. The van der Waals surface area contributed by atoms with Gasteiger partial charge in [0.1, 0.15) is 5.82 Å². The number of anilines is 2. The molecule has 0 amide bonds. The number of aromatic nitrogens is 1. The molecule has 1 aromatic heterocycles. The molecule has 1 heterocycles. The van der Waals surface area contributed by atoms with E-state index in [1.54, 1.807) is 11.9 Å². The Labute approximate surface area is 104 Å². The van der Waals surface area contributed by atoms with Crippen molar-refractivity contribution in [1.82, 2.24) is 4.98 Å². The maximum atomic E-state index is 13.6. The lowest BCUT2D eigenvalue weighted by Crippen LogP contribution is -2.13. The van der Waals surface area contributed by atoms with E-state index >= 15 is 0 Å². The van der Waals surface area contributed by atoms with Gasteiger partial charge in [-0.15, -0.1) is 0 Å². The van der Waals surface area contributed by atoms with Gasteiger partial charge in [0.2, 0.25) is 0 Å². The maximum Gasteiger partial charge on any atom is 0.169 e. The molecule has 1 aromatic carbocycles. The standard InChI is InChI=1S/C13H13F2N3/c1-18(11-4-2-9(7-16)3-5-11)13-12(15)6-10(14)8-17-13/h2-6,8H,7,16H2,1H3. The van der Waals surface area contributed by atoms with E-state index in [4.69, 9.17) is 5.73 Å². The van der Waals surface area contributed by atoms with E-state index in [-0.39, 0.29) is 5.82 Å². The average molecular weight is 249 g/mol. The zero-order valence-corrected chi connectivity index (χ0v) is 9.90. The highest BCUT2D eigenvalue weighted by molar-refractivity contribution is 5.59. The van der Waals surface area contributed by atoms with Gasteiger partial charge in [0.05, 0.1) is 6.20 Å². The normalized spacial score (nSPS) is 10.4. The first-order valence-electron chi connectivity index (χ1n) is 5.45. The topological polar surface area (TPSA) is 42.1 Å². The molecule has 2 aromatic rings. The van der Waals surface area contributed by atoms with Crippen molar-refractivity contribution >= 4 is 11.5 Å². The molecule has 0 atom stereocenters. The summed E-state index contributed by atoms with van der Waals surface area (Å²) in [6.45, 7) is 0.452. The summed E-state index contributed by atoms with van der Waals surface area (Å²) in [6, 6.07) is 8.15. The molecule has 0 spiro atoms. The van der Waals surface area contributed by atoms with Gasteiger partial charge in [0.25, 0.3) is 0 Å². The second-order valence-electron chi connectivity index (χ2n) is 3.89. The monoisotopic (exact) mass is 249 g/mol. The highest BCUT2D eigenvalue weighted by Crippen LogP contribution is 2.24. The van der Waals surface area contributed by atoms with Crippen LogP contribution in [-0.2, 0) is 6.54 Å². The van der Waals surface area contributed by atoms with E-state index in [1.807, 2.05) is 24.3 Å². The predicted octanol–water partition coefficient (Wildman–Crippen LogP) is 2.59. The first-order chi connectivity index (χ1) is 8.61. The molecule has 0 saturated carbocycles. The fourth-order valence-corrected chi connectivity index (χ4v) is 1.63. The number of hydrogen-bond acceptors (Lipinski definition) is 3. The van der Waals surface area contributed by atoms with E-state index in [0.717, 1.165) is 23.5 Å². The van der Waals surface area contributed by atoms with Crippen LogP contribution in [0.15, 0.2) is 36.5 Å². The Bertz CT molecular complexity index is 540. The Hall–Kier alpha value is -2.01. The minimum Gasteiger partial charge on any atom is -0.327 e. The van der Waals surface area contributed by atoms with Crippen molar-refractivity contribution in [2.45, 2.75) is 6.54 Å². The van der Waals surface area contributed by atoms with Gasteiger partial charge < -0.3 is 10.6 Å². The molecule has 18 heavy (non-hydrogen) atoms. The SMILES string of the molecule is CN(c1ccc(CN)cc1)c1ncc(F)cc1F. The summed E-state index contributed by atoms with van der Waals surface area (Å²) in [4.78, 5) is 5.30. The van der Waals surface area contributed by atoms with Crippen LogP contribution in [0.25, 0.3) is 0 Å². The van der Waals surface area contributed by atoms with Crippen LogP contribution in [0.3, 0.4) is 0 Å². The number of nitrogens with two attached hydrogens (primary N) is 1. The molecule has 94 valence electrons. The summed E-state index contributed by atoms with van der Waals surface area (Å²) in [5.41, 5.74) is 7.24. The number of rotatable bonds is 3. The first kappa shape index (κ1) is 12.4. The predicted molar refractivity (Wildman–Crippen MR) is 66.5 cm³/mol. The third-order valence-electron chi connectivity index (χ3n) is 2.67. The number of hydrogen-bond donors (Lipinski definition) is 1. The molecule has 0 aliphatic rings. The van der Waals surface area contributed by atoms with Crippen LogP contribution in [0.4, 0.5) is 20.3 Å². The van der Waals surface area contributed by atoms with E-state index in [0.29, 0.717) is 6.54 Å². The zero-order valence-electron chi connectivity index (χ0n) is 9.90. The molecule has 0 unspecified atom stereocenters. The molecule has 2 N–H and O–H groups in total. The fourth-order valence-electron chi connectivity index (χ4n) is 1.63. The van der Waals surface area contributed by atoms with Gasteiger partial charge in [0.15, 0.2) is 11.6 Å². The van der Waals surface area contributed by atoms with Gasteiger partial charge in [-0.05, 0) is 17.7 Å². The molecule has 0 aliphatic heterocycles. The minimum absolute atomic E-state index is 0.0805. The van der Waals surface area contributed by atoms with Crippen molar-refractivity contribution in [3.05, 3.63) is 53.7 Å². The number of pyridine rings is 1. The zero-order chi connectivity index (χ0) is 13.1. The van der Waals surface area contributed by atoms with Crippen molar-refractivity contribution in [3.63, 3.8) is 0 Å². The van der Waals surface area contributed by atoms with E-state index in [2.05, 4.69) is 4.98 Å². The molecule has 0 fully saturated rings. The van der Waals surface area contributed by atoms with Gasteiger partial charge in [-0.1, -0.05) is 12.1 Å². The van der Waals surface area contributed by atoms with Crippen LogP contribution in [0.2, 0.25) is 0 Å². The van der Waals surface area contributed by atoms with Gasteiger partial charge in [-0.25, -0.2) is 13.8 Å². The minimum atomic E-state index is -0.694. The summed E-state index contributed by atoms with van der Waals surface area (Å²) >= 11 is 0. The van der Waals surface area contributed by atoms with E-state index in [9.17, 15) is 8.78 Å². The highest BCUT2D eigenvalue weighted by atomic mass is 19.1. The van der Waals surface area contributed by atoms with Crippen molar-refractivity contribution < 1.29 is 8.78 Å². The summed E-state index contributed by atoms with van der Waals surface area (Å²) in [5.74, 6) is -1.31. The van der Waals surface area contributed by atoms with Crippen LogP contribution < -0.4 is 10.6 Å². The number of benzene rings is 1. The third kappa shape index (κ3) is 2.46.